The van der Waals surface area contributed by atoms with Crippen molar-refractivity contribution < 1.29 is 19.0 Å². The van der Waals surface area contributed by atoms with Crippen LogP contribution in [0.2, 0.25) is 5.02 Å². The lowest BCUT2D eigenvalue weighted by Gasteiger charge is -2.24. The molecule has 3 heterocycles. The molecular formula is C26H20ClFN4O3S. The first-order valence-corrected chi connectivity index (χ1v) is 12.4. The van der Waals surface area contributed by atoms with Crippen LogP contribution in [0.5, 0.6) is 11.6 Å². The molecule has 0 unspecified atom stereocenters. The molecule has 2 N–H and O–H groups in total. The van der Waals surface area contributed by atoms with E-state index in [1.807, 2.05) is 19.1 Å². The Labute approximate surface area is 215 Å². The molecule has 4 aromatic rings. The zero-order valence-electron chi connectivity index (χ0n) is 19.1. The number of aryl methyl sites for hydroxylation is 1. The maximum atomic E-state index is 14.0. The number of fused-ring (bicyclic) bond motifs is 2. The smallest absolute Gasteiger partial charge is 0.234 e. The monoisotopic (exact) mass is 522 g/mol. The summed E-state index contributed by atoms with van der Waals surface area (Å²) in [5.74, 6) is 0.320. The second kappa shape index (κ2) is 10.2. The van der Waals surface area contributed by atoms with Gasteiger partial charge in [-0.25, -0.2) is 9.37 Å². The minimum absolute atomic E-state index is 0.0190. The highest BCUT2D eigenvalue weighted by atomic mass is 35.5. The number of rotatable bonds is 6. The number of benzene rings is 2. The van der Waals surface area contributed by atoms with Crippen LogP contribution in [-0.4, -0.2) is 31.7 Å². The number of nitrogens with one attached hydrogen (secondary N) is 1. The molecule has 0 bridgehead atoms. The number of thioether (sulfide) groups is 1. The minimum atomic E-state index is -0.512. The number of aliphatic hydroxyl groups excluding tert-OH is 1. The first-order chi connectivity index (χ1) is 17.4. The first-order valence-electron chi connectivity index (χ1n) is 11.0. The summed E-state index contributed by atoms with van der Waals surface area (Å²) in [6.45, 7) is 1.63. The molecule has 7 nitrogen and oxygen atoms in total. The Morgan fingerprint density at radius 3 is 2.72 bits per heavy atom. The van der Waals surface area contributed by atoms with Gasteiger partial charge in [0.05, 0.1) is 34.3 Å². The number of anilines is 1. The van der Waals surface area contributed by atoms with Gasteiger partial charge in [0.2, 0.25) is 11.8 Å². The number of aromatic nitrogens is 3. The van der Waals surface area contributed by atoms with Crippen molar-refractivity contribution >= 4 is 35.0 Å². The van der Waals surface area contributed by atoms with Gasteiger partial charge in [-0.3, -0.25) is 9.78 Å². The third kappa shape index (κ3) is 4.77. The van der Waals surface area contributed by atoms with Crippen molar-refractivity contribution in [2.45, 2.75) is 25.0 Å². The van der Waals surface area contributed by atoms with Gasteiger partial charge < -0.3 is 15.2 Å². The van der Waals surface area contributed by atoms with Gasteiger partial charge in [0, 0.05) is 29.3 Å². The van der Waals surface area contributed by atoms with Gasteiger partial charge in [-0.2, -0.15) is 4.98 Å². The predicted octanol–water partition coefficient (Wildman–Crippen LogP) is 5.56. The molecule has 182 valence electrons. The molecule has 5 rings (SSSR count). The number of amides is 1. The van der Waals surface area contributed by atoms with E-state index in [2.05, 4.69) is 15.3 Å². The summed E-state index contributed by atoms with van der Waals surface area (Å²) in [7, 11) is 0. The van der Waals surface area contributed by atoms with Crippen molar-refractivity contribution in [3.8, 4) is 23.0 Å². The Bertz CT molecular complexity index is 1480. The molecule has 2 aromatic heterocycles. The third-order valence-electron chi connectivity index (χ3n) is 5.66. The summed E-state index contributed by atoms with van der Waals surface area (Å²) >= 11 is 7.60. The van der Waals surface area contributed by atoms with Crippen LogP contribution in [-0.2, 0) is 17.8 Å². The van der Waals surface area contributed by atoms with Gasteiger partial charge >= 0.3 is 0 Å². The number of ether oxygens (including phenoxy) is 1. The third-order valence-corrected chi connectivity index (χ3v) is 7.01. The van der Waals surface area contributed by atoms with Crippen LogP contribution in [0, 0.1) is 12.7 Å². The van der Waals surface area contributed by atoms with Crippen molar-refractivity contribution in [1.29, 1.82) is 0 Å². The summed E-state index contributed by atoms with van der Waals surface area (Å²) in [5, 5.41) is 13.4. The molecular weight excluding hydrogens is 503 g/mol. The highest BCUT2D eigenvalue weighted by Crippen LogP contribution is 2.43. The Morgan fingerprint density at radius 1 is 1.17 bits per heavy atom. The van der Waals surface area contributed by atoms with E-state index in [-0.39, 0.29) is 24.0 Å². The van der Waals surface area contributed by atoms with Crippen LogP contribution in [0.4, 0.5) is 10.1 Å². The van der Waals surface area contributed by atoms with Crippen LogP contribution >= 0.6 is 23.4 Å². The van der Waals surface area contributed by atoms with Gasteiger partial charge in [-0.05, 0) is 31.2 Å². The Morgan fingerprint density at radius 2 is 1.94 bits per heavy atom. The average Bonchev–Trinajstić information content (AvgIpc) is 2.88. The summed E-state index contributed by atoms with van der Waals surface area (Å²) in [6, 6.07) is 13.2. The van der Waals surface area contributed by atoms with Crippen molar-refractivity contribution in [2.75, 3.05) is 11.1 Å². The van der Waals surface area contributed by atoms with E-state index in [0.717, 1.165) is 5.56 Å². The van der Waals surface area contributed by atoms with Crippen LogP contribution in [0.25, 0.3) is 11.4 Å². The normalized spacial score (nSPS) is 11.9. The highest BCUT2D eigenvalue weighted by Gasteiger charge is 2.28. The Hall–Kier alpha value is -3.53. The number of para-hydroxylation sites is 1. The SMILES string of the molecule is Cc1ncc(CO)c2c1Oc1nc(-c3ccccc3Cl)nc(SCC(=O)Nc3ccccc3F)c1C2. The van der Waals surface area contributed by atoms with E-state index in [9.17, 15) is 14.3 Å². The lowest BCUT2D eigenvalue weighted by molar-refractivity contribution is -0.113. The second-order valence-electron chi connectivity index (χ2n) is 8.05. The van der Waals surface area contributed by atoms with Gasteiger partial charge in [-0.1, -0.05) is 47.6 Å². The quantitative estimate of drug-likeness (QED) is 0.222. The number of carbonyl (C=O) groups excluding carboxylic acids is 1. The molecule has 0 atom stereocenters. The molecule has 0 aliphatic carbocycles. The van der Waals surface area contributed by atoms with Crippen molar-refractivity contribution in [1.82, 2.24) is 15.0 Å². The number of nitrogens with zero attached hydrogens (tertiary/aromatic N) is 3. The fourth-order valence-electron chi connectivity index (χ4n) is 3.86. The van der Waals surface area contributed by atoms with E-state index in [0.29, 0.717) is 56.3 Å². The molecule has 0 spiro atoms. The molecule has 0 fully saturated rings. The highest BCUT2D eigenvalue weighted by molar-refractivity contribution is 8.00. The Balaban J connectivity index is 1.51. The fraction of sp³-hybridized carbons (Fsp3) is 0.154. The zero-order chi connectivity index (χ0) is 25.2. The van der Waals surface area contributed by atoms with Gasteiger partial charge in [0.25, 0.3) is 0 Å². The molecule has 1 amide bonds. The van der Waals surface area contributed by atoms with Crippen LogP contribution < -0.4 is 10.1 Å². The molecule has 1 aliphatic heterocycles. The van der Waals surface area contributed by atoms with E-state index in [1.165, 1.54) is 23.9 Å². The molecule has 36 heavy (non-hydrogen) atoms. The number of hydrogen-bond acceptors (Lipinski definition) is 7. The van der Waals surface area contributed by atoms with Gasteiger partial charge in [0.1, 0.15) is 10.8 Å². The lowest BCUT2D eigenvalue weighted by atomic mass is 9.99. The van der Waals surface area contributed by atoms with E-state index < -0.39 is 5.82 Å². The van der Waals surface area contributed by atoms with Crippen molar-refractivity contribution in [2.24, 2.45) is 0 Å². The summed E-state index contributed by atoms with van der Waals surface area (Å²) in [6.07, 6.45) is 2.01. The number of pyridine rings is 1. The summed E-state index contributed by atoms with van der Waals surface area (Å²) in [5.41, 5.74) is 3.52. The number of aliphatic hydroxyl groups is 1. The molecule has 10 heteroatoms. The zero-order valence-corrected chi connectivity index (χ0v) is 20.7. The van der Waals surface area contributed by atoms with Crippen LogP contribution in [0.1, 0.15) is 22.4 Å². The molecule has 0 radical (unpaired) electrons. The molecule has 0 saturated heterocycles. The number of carbonyl (C=O) groups is 1. The lowest BCUT2D eigenvalue weighted by Crippen LogP contribution is -2.16. The maximum Gasteiger partial charge on any atom is 0.234 e. The maximum absolute atomic E-state index is 14.0. The number of halogens is 2. The van der Waals surface area contributed by atoms with Crippen LogP contribution in [0.3, 0.4) is 0 Å². The van der Waals surface area contributed by atoms with Crippen molar-refractivity contribution in [3.63, 3.8) is 0 Å². The van der Waals surface area contributed by atoms with Gasteiger partial charge in [-0.15, -0.1) is 0 Å². The van der Waals surface area contributed by atoms with E-state index >= 15 is 0 Å². The average molecular weight is 523 g/mol. The molecule has 1 aliphatic rings. The van der Waals surface area contributed by atoms with Crippen molar-refractivity contribution in [3.05, 3.63) is 88.0 Å². The van der Waals surface area contributed by atoms with Crippen LogP contribution in [0.15, 0.2) is 59.8 Å². The van der Waals surface area contributed by atoms with E-state index in [4.69, 9.17) is 21.3 Å². The largest absolute Gasteiger partial charge is 0.436 e. The standard InChI is InChI=1S/C26H20ClFN4O3S/c1-14-23-17(15(12-33)11-29-14)10-18-25(35-23)31-24(16-6-2-3-7-19(16)27)32-26(18)36-13-22(34)30-21-9-5-4-8-20(21)28/h2-9,11,33H,10,12-13H2,1H3,(H,30,34). The second-order valence-corrected chi connectivity index (χ2v) is 9.42. The first kappa shape index (κ1) is 24.2. The summed E-state index contributed by atoms with van der Waals surface area (Å²) in [4.78, 5) is 26.3. The number of hydrogen-bond donors (Lipinski definition) is 2. The fourth-order valence-corrected chi connectivity index (χ4v) is 4.90. The molecule has 2 aromatic carbocycles. The van der Waals surface area contributed by atoms with E-state index in [1.54, 1.807) is 30.5 Å². The predicted molar refractivity (Wildman–Crippen MR) is 136 cm³/mol. The minimum Gasteiger partial charge on any atom is -0.436 e. The van der Waals surface area contributed by atoms with Gasteiger partial charge in [0.15, 0.2) is 11.6 Å². The molecule has 0 saturated carbocycles. The summed E-state index contributed by atoms with van der Waals surface area (Å²) < 4.78 is 20.1. The Kier molecular flexibility index (Phi) is 6.86. The topological polar surface area (TPSA) is 97.2 Å².